The van der Waals surface area contributed by atoms with E-state index < -0.39 is 12.1 Å². The smallest absolute Gasteiger partial charge is 0.475 e. The minimum atomic E-state index is -5.08. The Morgan fingerprint density at radius 1 is 1.50 bits per heavy atom. The Kier molecular flexibility index (Phi) is 4.32. The van der Waals surface area contributed by atoms with E-state index in [4.69, 9.17) is 9.90 Å². The van der Waals surface area contributed by atoms with Crippen molar-refractivity contribution in [1.29, 1.82) is 0 Å². The lowest BCUT2D eigenvalue weighted by molar-refractivity contribution is -0.192. The van der Waals surface area contributed by atoms with Crippen LogP contribution >= 0.6 is 0 Å². The summed E-state index contributed by atoms with van der Waals surface area (Å²) in [5.41, 5.74) is 2.75. The van der Waals surface area contributed by atoms with Crippen molar-refractivity contribution in [3.05, 3.63) is 17.7 Å². The Balaban J connectivity index is 0.000000182. The molecule has 1 aliphatic heterocycles. The van der Waals surface area contributed by atoms with Crippen LogP contribution in [0, 0.1) is 5.92 Å². The number of hydrogen-bond acceptors (Lipinski definition) is 3. The van der Waals surface area contributed by atoms with Crippen LogP contribution in [0.4, 0.5) is 13.2 Å². The second-order valence-electron chi connectivity index (χ2n) is 4.96. The van der Waals surface area contributed by atoms with Crippen LogP contribution in [0.2, 0.25) is 0 Å². The highest BCUT2D eigenvalue weighted by atomic mass is 19.4. The molecule has 1 aromatic heterocycles. The summed E-state index contributed by atoms with van der Waals surface area (Å²) in [5.74, 6) is -1.81. The third-order valence-electron chi connectivity index (χ3n) is 3.26. The maximum Gasteiger partial charge on any atom is 0.490 e. The first-order chi connectivity index (χ1) is 9.38. The molecule has 20 heavy (non-hydrogen) atoms. The molecule has 0 atom stereocenters. The number of carboxylic acid groups (broad SMARTS) is 1. The summed E-state index contributed by atoms with van der Waals surface area (Å²) in [6.45, 7) is 3.31. The molecule has 2 heterocycles. The molecule has 1 saturated carbocycles. The lowest BCUT2D eigenvalue weighted by Crippen LogP contribution is -2.25. The third kappa shape index (κ3) is 3.96. The predicted octanol–water partition coefficient (Wildman–Crippen LogP) is 1.57. The van der Waals surface area contributed by atoms with Gasteiger partial charge in [-0.25, -0.2) is 9.78 Å². The number of fused-ring (bicyclic) bond motifs is 1. The van der Waals surface area contributed by atoms with Gasteiger partial charge in [0.15, 0.2) is 0 Å². The van der Waals surface area contributed by atoms with Crippen LogP contribution in [-0.2, 0) is 24.3 Å². The molecule has 0 amide bonds. The molecular formula is C12H16F3N3O2. The van der Waals surface area contributed by atoms with E-state index in [1.54, 1.807) is 0 Å². The maximum atomic E-state index is 10.6. The topological polar surface area (TPSA) is 67.1 Å². The fraction of sp³-hybridized carbons (Fsp3) is 0.667. The van der Waals surface area contributed by atoms with Crippen molar-refractivity contribution >= 4 is 5.97 Å². The average molecular weight is 291 g/mol. The molecular weight excluding hydrogens is 275 g/mol. The molecule has 3 rings (SSSR count). The molecule has 1 aromatic rings. The standard InChI is InChI=1S/C10H15N3.C2HF3O2/c1-2-8(1)6-13-7-12-9-3-4-11-5-10(9)13;3-2(4,5)1(6)7/h7-8,11H,1-6H2;(H,6,7). The number of nitrogens with one attached hydrogen (secondary N) is 1. The van der Waals surface area contributed by atoms with Crippen LogP contribution < -0.4 is 5.32 Å². The van der Waals surface area contributed by atoms with E-state index in [1.165, 1.54) is 30.8 Å². The molecule has 0 aromatic carbocycles. The molecule has 1 aliphatic carbocycles. The molecule has 2 aliphatic rings. The van der Waals surface area contributed by atoms with Gasteiger partial charge in [-0.3, -0.25) is 0 Å². The van der Waals surface area contributed by atoms with Crippen molar-refractivity contribution in [2.24, 2.45) is 5.92 Å². The summed E-state index contributed by atoms with van der Waals surface area (Å²) in [7, 11) is 0. The van der Waals surface area contributed by atoms with Gasteiger partial charge in [-0.2, -0.15) is 13.2 Å². The van der Waals surface area contributed by atoms with Crippen molar-refractivity contribution < 1.29 is 23.1 Å². The van der Waals surface area contributed by atoms with E-state index in [2.05, 4.69) is 14.9 Å². The maximum absolute atomic E-state index is 10.6. The number of imidazole rings is 1. The SMILES string of the molecule is O=C(O)C(F)(F)F.c1nc2c(n1CC1CC1)CNCC2. The monoisotopic (exact) mass is 291 g/mol. The first-order valence-electron chi connectivity index (χ1n) is 6.41. The number of nitrogens with zero attached hydrogens (tertiary/aromatic N) is 2. The molecule has 0 unspecified atom stereocenters. The average Bonchev–Trinajstić information content (AvgIpc) is 3.10. The van der Waals surface area contributed by atoms with Crippen LogP contribution in [0.25, 0.3) is 0 Å². The molecule has 1 fully saturated rings. The van der Waals surface area contributed by atoms with E-state index in [1.807, 2.05) is 6.33 Å². The number of aromatic nitrogens is 2. The lowest BCUT2D eigenvalue weighted by Gasteiger charge is -2.14. The predicted molar refractivity (Wildman–Crippen MR) is 64.1 cm³/mol. The Bertz CT molecular complexity index is 481. The van der Waals surface area contributed by atoms with Gasteiger partial charge < -0.3 is 15.0 Å². The highest BCUT2D eigenvalue weighted by Gasteiger charge is 2.38. The van der Waals surface area contributed by atoms with Gasteiger partial charge in [-0.1, -0.05) is 0 Å². The number of carbonyl (C=O) groups is 1. The van der Waals surface area contributed by atoms with Gasteiger partial charge in [0.05, 0.1) is 17.7 Å². The second-order valence-corrected chi connectivity index (χ2v) is 4.96. The van der Waals surface area contributed by atoms with Gasteiger partial charge in [-0.05, 0) is 18.8 Å². The van der Waals surface area contributed by atoms with Gasteiger partial charge in [0.2, 0.25) is 0 Å². The number of aliphatic carboxylic acids is 1. The molecule has 0 radical (unpaired) electrons. The quantitative estimate of drug-likeness (QED) is 0.868. The summed E-state index contributed by atoms with van der Waals surface area (Å²) in [6.07, 6.45) is 0.879. The number of hydrogen-bond donors (Lipinski definition) is 2. The molecule has 0 saturated heterocycles. The van der Waals surface area contributed by atoms with Crippen LogP contribution in [0.5, 0.6) is 0 Å². The normalized spacial score (nSPS) is 17.9. The van der Waals surface area contributed by atoms with Crippen LogP contribution in [0.1, 0.15) is 24.2 Å². The number of rotatable bonds is 2. The fourth-order valence-electron chi connectivity index (χ4n) is 2.01. The van der Waals surface area contributed by atoms with Crippen molar-refractivity contribution in [3.63, 3.8) is 0 Å². The van der Waals surface area contributed by atoms with Crippen LogP contribution in [0.3, 0.4) is 0 Å². The van der Waals surface area contributed by atoms with Crippen molar-refractivity contribution in [3.8, 4) is 0 Å². The summed E-state index contributed by atoms with van der Waals surface area (Å²) in [5, 5.41) is 10.5. The minimum absolute atomic E-state index is 0.945. The Morgan fingerprint density at radius 3 is 2.70 bits per heavy atom. The van der Waals surface area contributed by atoms with Crippen molar-refractivity contribution in [2.45, 2.75) is 38.5 Å². The number of halogens is 3. The third-order valence-corrected chi connectivity index (χ3v) is 3.26. The number of carboxylic acids is 1. The highest BCUT2D eigenvalue weighted by molar-refractivity contribution is 5.73. The van der Waals surface area contributed by atoms with Gasteiger partial charge in [0.1, 0.15) is 0 Å². The molecule has 112 valence electrons. The van der Waals surface area contributed by atoms with E-state index >= 15 is 0 Å². The lowest BCUT2D eigenvalue weighted by atomic mass is 10.2. The molecule has 0 spiro atoms. The van der Waals surface area contributed by atoms with Gasteiger partial charge in [0.25, 0.3) is 0 Å². The first kappa shape index (κ1) is 14.8. The van der Waals surface area contributed by atoms with E-state index in [0.717, 1.165) is 25.4 Å². The summed E-state index contributed by atoms with van der Waals surface area (Å²) in [6, 6.07) is 0. The largest absolute Gasteiger partial charge is 0.490 e. The van der Waals surface area contributed by atoms with E-state index in [9.17, 15) is 13.2 Å². The van der Waals surface area contributed by atoms with E-state index in [0.29, 0.717) is 0 Å². The summed E-state index contributed by atoms with van der Waals surface area (Å²) < 4.78 is 34.1. The molecule has 2 N–H and O–H groups in total. The Labute approximate surface area is 113 Å². The summed E-state index contributed by atoms with van der Waals surface area (Å²) >= 11 is 0. The van der Waals surface area contributed by atoms with Gasteiger partial charge >= 0.3 is 12.1 Å². The van der Waals surface area contributed by atoms with Crippen molar-refractivity contribution in [2.75, 3.05) is 6.54 Å². The minimum Gasteiger partial charge on any atom is -0.475 e. The zero-order chi connectivity index (χ0) is 14.8. The van der Waals surface area contributed by atoms with Gasteiger partial charge in [0, 0.05) is 26.1 Å². The van der Waals surface area contributed by atoms with Gasteiger partial charge in [-0.15, -0.1) is 0 Å². The zero-order valence-electron chi connectivity index (χ0n) is 10.8. The molecule has 5 nitrogen and oxygen atoms in total. The Hall–Kier alpha value is -1.57. The Morgan fingerprint density at radius 2 is 2.15 bits per heavy atom. The second kappa shape index (κ2) is 5.82. The summed E-state index contributed by atoms with van der Waals surface area (Å²) in [4.78, 5) is 13.4. The van der Waals surface area contributed by atoms with Crippen LogP contribution in [0.15, 0.2) is 6.33 Å². The first-order valence-corrected chi connectivity index (χ1v) is 6.41. The molecule has 8 heteroatoms. The molecule has 0 bridgehead atoms. The van der Waals surface area contributed by atoms with E-state index in [-0.39, 0.29) is 0 Å². The van der Waals surface area contributed by atoms with Crippen molar-refractivity contribution in [1.82, 2.24) is 14.9 Å². The fourth-order valence-corrected chi connectivity index (χ4v) is 2.01. The van der Waals surface area contributed by atoms with Crippen LogP contribution in [-0.4, -0.2) is 33.3 Å². The zero-order valence-corrected chi connectivity index (χ0v) is 10.8. The number of alkyl halides is 3. The highest BCUT2D eigenvalue weighted by Crippen LogP contribution is 2.31.